The number of rotatable bonds is 3. The van der Waals surface area contributed by atoms with E-state index < -0.39 is 19.0 Å². The number of hydrogen-bond donors (Lipinski definition) is 1. The molecule has 90 valence electrons. The summed E-state index contributed by atoms with van der Waals surface area (Å²) in [7, 11) is 0. The first-order valence-electron chi connectivity index (χ1n) is 4.84. The fourth-order valence-electron chi connectivity index (χ4n) is 1.45. The van der Waals surface area contributed by atoms with E-state index in [0.717, 1.165) is 6.20 Å². The van der Waals surface area contributed by atoms with Gasteiger partial charge in [-0.05, 0) is 11.6 Å². The van der Waals surface area contributed by atoms with Crippen LogP contribution in [0.4, 0.5) is 13.2 Å². The number of aromatic nitrogens is 2. The van der Waals surface area contributed by atoms with Gasteiger partial charge in [-0.15, -0.1) is 0 Å². The fourth-order valence-corrected chi connectivity index (χ4v) is 1.45. The smallest absolute Gasteiger partial charge is 0.333 e. The molecule has 0 atom stereocenters. The van der Waals surface area contributed by atoms with Crippen LogP contribution in [0.25, 0.3) is 11.1 Å². The normalized spacial score (nSPS) is 11.1. The van der Waals surface area contributed by atoms with Crippen LogP contribution in [0.5, 0.6) is 0 Å². The van der Waals surface area contributed by atoms with Crippen LogP contribution in [0, 0.1) is 5.82 Å². The summed E-state index contributed by atoms with van der Waals surface area (Å²) in [5.74, 6) is -0.574. The van der Waals surface area contributed by atoms with Gasteiger partial charge in [-0.2, -0.15) is 13.9 Å². The topological polar surface area (TPSA) is 38.1 Å². The number of alkyl halides is 2. The lowest BCUT2D eigenvalue weighted by atomic mass is 10.1. The van der Waals surface area contributed by atoms with Crippen molar-refractivity contribution < 1.29 is 18.3 Å². The molecule has 0 saturated heterocycles. The van der Waals surface area contributed by atoms with E-state index in [9.17, 15) is 13.2 Å². The molecule has 3 nitrogen and oxygen atoms in total. The molecule has 2 aromatic rings. The van der Waals surface area contributed by atoms with E-state index in [0.29, 0.717) is 15.8 Å². The Kier molecular flexibility index (Phi) is 3.14. The van der Waals surface area contributed by atoms with Gasteiger partial charge in [-0.25, -0.2) is 9.07 Å². The number of nitrogens with zero attached hydrogens (tertiary/aromatic N) is 2. The Hall–Kier alpha value is -1.82. The molecule has 0 unspecified atom stereocenters. The van der Waals surface area contributed by atoms with Crippen molar-refractivity contribution in [3.63, 3.8) is 0 Å². The van der Waals surface area contributed by atoms with E-state index >= 15 is 0 Å². The third-order valence-electron chi connectivity index (χ3n) is 2.36. The van der Waals surface area contributed by atoms with Crippen molar-refractivity contribution in [2.45, 2.75) is 13.2 Å². The first kappa shape index (κ1) is 11.7. The van der Waals surface area contributed by atoms with Crippen molar-refractivity contribution in [3.8, 4) is 11.1 Å². The largest absolute Gasteiger partial charge is 0.392 e. The van der Waals surface area contributed by atoms with E-state index in [1.165, 1.54) is 18.3 Å². The Balaban J connectivity index is 2.36. The van der Waals surface area contributed by atoms with Crippen molar-refractivity contribution in [1.29, 1.82) is 0 Å². The number of halogens is 3. The highest BCUT2D eigenvalue weighted by Gasteiger charge is 2.10. The molecular weight excluding hydrogens is 233 g/mol. The maximum Gasteiger partial charge on any atom is 0.333 e. The van der Waals surface area contributed by atoms with Gasteiger partial charge in [-0.1, -0.05) is 12.1 Å². The van der Waals surface area contributed by atoms with Crippen LogP contribution < -0.4 is 0 Å². The molecule has 6 heteroatoms. The number of aliphatic hydroxyl groups is 1. The third-order valence-corrected chi connectivity index (χ3v) is 2.36. The van der Waals surface area contributed by atoms with Gasteiger partial charge in [0.05, 0.1) is 12.8 Å². The van der Waals surface area contributed by atoms with Crippen LogP contribution >= 0.6 is 0 Å². The molecule has 0 aliphatic rings. The molecule has 2 rings (SSSR count). The summed E-state index contributed by atoms with van der Waals surface area (Å²) in [6, 6.07) is 4.13. The second-order valence-electron chi connectivity index (χ2n) is 3.45. The minimum absolute atomic E-state index is 0.162. The van der Waals surface area contributed by atoms with E-state index in [1.807, 2.05) is 0 Å². The summed E-state index contributed by atoms with van der Waals surface area (Å²) < 4.78 is 38.4. The second-order valence-corrected chi connectivity index (χ2v) is 3.45. The van der Waals surface area contributed by atoms with Gasteiger partial charge < -0.3 is 5.11 Å². The van der Waals surface area contributed by atoms with E-state index in [-0.39, 0.29) is 5.56 Å². The third kappa shape index (κ3) is 2.31. The minimum atomic E-state index is -2.72. The molecule has 1 heterocycles. The lowest BCUT2D eigenvalue weighted by Gasteiger charge is -2.02. The summed E-state index contributed by atoms with van der Waals surface area (Å²) in [5.41, 5.74) is 0.996. The summed E-state index contributed by atoms with van der Waals surface area (Å²) in [5, 5.41) is 12.3. The van der Waals surface area contributed by atoms with Gasteiger partial charge in [0.2, 0.25) is 0 Å². The van der Waals surface area contributed by atoms with Gasteiger partial charge in [0, 0.05) is 17.3 Å². The Labute approximate surface area is 95.1 Å². The van der Waals surface area contributed by atoms with E-state index in [1.54, 1.807) is 6.07 Å². The van der Waals surface area contributed by atoms with Crippen LogP contribution in [0.3, 0.4) is 0 Å². The first-order valence-corrected chi connectivity index (χ1v) is 4.84. The van der Waals surface area contributed by atoms with Crippen molar-refractivity contribution in [2.75, 3.05) is 0 Å². The van der Waals surface area contributed by atoms with Gasteiger partial charge in [0.25, 0.3) is 0 Å². The second kappa shape index (κ2) is 4.58. The van der Waals surface area contributed by atoms with Crippen molar-refractivity contribution in [2.24, 2.45) is 0 Å². The van der Waals surface area contributed by atoms with E-state index in [2.05, 4.69) is 5.10 Å². The molecular formula is C11H9F3N2O. The van der Waals surface area contributed by atoms with Crippen molar-refractivity contribution in [1.82, 2.24) is 9.78 Å². The van der Waals surface area contributed by atoms with Crippen molar-refractivity contribution >= 4 is 0 Å². The molecule has 0 fully saturated rings. The Morgan fingerprint density at radius 2 is 2.06 bits per heavy atom. The SMILES string of the molecule is OCc1ccc(-c2cnn(C(F)F)c2)cc1F. The van der Waals surface area contributed by atoms with Crippen LogP contribution in [-0.4, -0.2) is 14.9 Å². The summed E-state index contributed by atoms with van der Waals surface area (Å²) in [6.45, 7) is -3.12. The fraction of sp³-hybridized carbons (Fsp3) is 0.182. The van der Waals surface area contributed by atoms with E-state index in [4.69, 9.17) is 5.11 Å². The molecule has 0 saturated carbocycles. The van der Waals surface area contributed by atoms with Crippen LogP contribution in [0.1, 0.15) is 12.1 Å². The average molecular weight is 242 g/mol. The lowest BCUT2D eigenvalue weighted by molar-refractivity contribution is 0.0566. The molecule has 0 spiro atoms. The van der Waals surface area contributed by atoms with Gasteiger partial charge in [0.1, 0.15) is 5.82 Å². The van der Waals surface area contributed by atoms with Crippen molar-refractivity contribution in [3.05, 3.63) is 42.0 Å². The highest BCUT2D eigenvalue weighted by molar-refractivity contribution is 5.62. The summed E-state index contributed by atoms with van der Waals surface area (Å²) in [6.07, 6.45) is 2.37. The lowest BCUT2D eigenvalue weighted by Crippen LogP contribution is -1.96. The highest BCUT2D eigenvalue weighted by Crippen LogP contribution is 2.23. The van der Waals surface area contributed by atoms with Crippen LogP contribution in [0.15, 0.2) is 30.6 Å². The Morgan fingerprint density at radius 1 is 1.29 bits per heavy atom. The maximum absolute atomic E-state index is 13.4. The molecule has 1 aromatic heterocycles. The molecule has 1 N–H and O–H groups in total. The zero-order valence-electron chi connectivity index (χ0n) is 8.65. The number of aliphatic hydroxyl groups excluding tert-OH is 1. The van der Waals surface area contributed by atoms with Crippen LogP contribution in [0.2, 0.25) is 0 Å². The highest BCUT2D eigenvalue weighted by atomic mass is 19.3. The first-order chi connectivity index (χ1) is 8.11. The molecule has 0 aliphatic carbocycles. The molecule has 0 amide bonds. The Bertz CT molecular complexity index is 525. The number of hydrogen-bond acceptors (Lipinski definition) is 2. The Morgan fingerprint density at radius 3 is 2.59 bits per heavy atom. The summed E-state index contributed by atoms with van der Waals surface area (Å²) in [4.78, 5) is 0. The average Bonchev–Trinajstić information content (AvgIpc) is 2.78. The maximum atomic E-state index is 13.4. The molecule has 0 aliphatic heterocycles. The monoisotopic (exact) mass is 242 g/mol. The molecule has 0 radical (unpaired) electrons. The summed E-state index contributed by atoms with van der Waals surface area (Å²) >= 11 is 0. The standard InChI is InChI=1S/C11H9F3N2O/c12-10-3-7(1-2-8(10)6-17)9-4-15-16(5-9)11(13)14/h1-5,11,17H,6H2. The molecule has 17 heavy (non-hydrogen) atoms. The molecule has 0 bridgehead atoms. The zero-order chi connectivity index (χ0) is 12.4. The predicted molar refractivity (Wildman–Crippen MR) is 54.8 cm³/mol. The van der Waals surface area contributed by atoms with Gasteiger partial charge in [-0.3, -0.25) is 0 Å². The molecule has 1 aromatic carbocycles. The zero-order valence-corrected chi connectivity index (χ0v) is 8.65. The predicted octanol–water partition coefficient (Wildman–Crippen LogP) is 2.58. The quantitative estimate of drug-likeness (QED) is 0.898. The van der Waals surface area contributed by atoms with Gasteiger partial charge >= 0.3 is 6.55 Å². The minimum Gasteiger partial charge on any atom is -0.392 e. The van der Waals surface area contributed by atoms with Gasteiger partial charge in [0.15, 0.2) is 0 Å². The van der Waals surface area contributed by atoms with Crippen LogP contribution in [-0.2, 0) is 6.61 Å². The number of benzene rings is 1.